The van der Waals surface area contributed by atoms with Gasteiger partial charge in [0.25, 0.3) is 0 Å². The van der Waals surface area contributed by atoms with Crippen LogP contribution in [0.15, 0.2) is 46.0 Å². The first-order valence-electron chi connectivity index (χ1n) is 4.84. The number of nitrogens with two attached hydrogens (primary N) is 1. The second-order valence-corrected chi connectivity index (χ2v) is 5.25. The highest BCUT2D eigenvalue weighted by atomic mass is 32.2. The Morgan fingerprint density at radius 2 is 2.20 bits per heavy atom. The molecule has 0 saturated carbocycles. The van der Waals surface area contributed by atoms with Gasteiger partial charge in [-0.25, -0.2) is 0 Å². The van der Waals surface area contributed by atoms with Crippen molar-refractivity contribution < 1.29 is 0 Å². The summed E-state index contributed by atoms with van der Waals surface area (Å²) >= 11 is 3.62. The highest BCUT2D eigenvalue weighted by Gasteiger charge is 1.96. The van der Waals surface area contributed by atoms with Gasteiger partial charge in [-0.15, -0.1) is 11.8 Å². The zero-order chi connectivity index (χ0) is 10.5. The molecule has 0 radical (unpaired) electrons. The molecule has 15 heavy (non-hydrogen) atoms. The third kappa shape index (κ3) is 3.29. The van der Waals surface area contributed by atoms with Gasteiger partial charge in [-0.2, -0.15) is 11.3 Å². The van der Waals surface area contributed by atoms with Gasteiger partial charge in [0.15, 0.2) is 0 Å². The predicted molar refractivity (Wildman–Crippen MR) is 69.6 cm³/mol. The van der Waals surface area contributed by atoms with Crippen molar-refractivity contribution in [1.29, 1.82) is 0 Å². The number of thiophene rings is 1. The molecule has 0 atom stereocenters. The van der Waals surface area contributed by atoms with E-state index in [4.69, 9.17) is 5.73 Å². The van der Waals surface area contributed by atoms with E-state index in [-0.39, 0.29) is 0 Å². The van der Waals surface area contributed by atoms with Crippen molar-refractivity contribution >= 4 is 28.8 Å². The molecule has 2 rings (SSSR count). The lowest BCUT2D eigenvalue weighted by atomic mass is 10.3. The van der Waals surface area contributed by atoms with Crippen LogP contribution in [0.5, 0.6) is 0 Å². The van der Waals surface area contributed by atoms with Crippen molar-refractivity contribution in [2.24, 2.45) is 0 Å². The number of thioether (sulfide) groups is 1. The minimum absolute atomic E-state index is 0.843. The summed E-state index contributed by atoms with van der Waals surface area (Å²) in [5.41, 5.74) is 7.98. The molecule has 1 heterocycles. The standard InChI is InChI=1S/C12H13NS2/c13-11-2-1-3-12(8-11)15-7-5-10-4-6-14-9-10/h1-4,6,8-9H,5,7,13H2. The normalized spacial score (nSPS) is 10.4. The summed E-state index contributed by atoms with van der Waals surface area (Å²) in [6.45, 7) is 0. The fourth-order valence-electron chi connectivity index (χ4n) is 1.33. The second-order valence-electron chi connectivity index (χ2n) is 3.30. The van der Waals surface area contributed by atoms with Crippen molar-refractivity contribution in [3.8, 4) is 0 Å². The molecule has 0 amide bonds. The lowest BCUT2D eigenvalue weighted by Gasteiger charge is -2.01. The third-order valence-electron chi connectivity index (χ3n) is 2.10. The maximum Gasteiger partial charge on any atom is 0.0325 e. The highest BCUT2D eigenvalue weighted by molar-refractivity contribution is 7.99. The summed E-state index contributed by atoms with van der Waals surface area (Å²) in [6.07, 6.45) is 1.13. The Bertz CT molecular complexity index is 409. The van der Waals surface area contributed by atoms with Crippen LogP contribution in [0.25, 0.3) is 0 Å². The lowest BCUT2D eigenvalue weighted by molar-refractivity contribution is 1.17. The van der Waals surface area contributed by atoms with Crippen LogP contribution < -0.4 is 5.73 Å². The molecule has 0 bridgehead atoms. The number of hydrogen-bond acceptors (Lipinski definition) is 3. The quantitative estimate of drug-likeness (QED) is 0.646. The summed E-state index contributed by atoms with van der Waals surface area (Å²) in [7, 11) is 0. The van der Waals surface area contributed by atoms with Crippen molar-refractivity contribution in [1.82, 2.24) is 0 Å². The van der Waals surface area contributed by atoms with Gasteiger partial charge in [0.1, 0.15) is 0 Å². The molecule has 0 aliphatic heterocycles. The van der Waals surface area contributed by atoms with Crippen molar-refractivity contribution in [2.75, 3.05) is 11.5 Å². The van der Waals surface area contributed by atoms with Gasteiger partial charge in [0, 0.05) is 16.3 Å². The Morgan fingerprint density at radius 1 is 1.27 bits per heavy atom. The molecule has 2 N–H and O–H groups in total. The van der Waals surface area contributed by atoms with E-state index in [1.54, 1.807) is 11.3 Å². The molecular weight excluding hydrogens is 222 g/mol. The summed E-state index contributed by atoms with van der Waals surface area (Å²) in [5.74, 6) is 1.11. The lowest BCUT2D eigenvalue weighted by Crippen LogP contribution is -1.87. The first kappa shape index (κ1) is 10.6. The fourth-order valence-corrected chi connectivity index (χ4v) is 3.00. The van der Waals surface area contributed by atoms with Crippen LogP contribution >= 0.6 is 23.1 Å². The van der Waals surface area contributed by atoms with E-state index in [0.29, 0.717) is 0 Å². The SMILES string of the molecule is Nc1cccc(SCCc2ccsc2)c1. The van der Waals surface area contributed by atoms with E-state index in [1.165, 1.54) is 10.5 Å². The summed E-state index contributed by atoms with van der Waals surface area (Å²) in [4.78, 5) is 1.25. The maximum atomic E-state index is 5.71. The van der Waals surface area contributed by atoms with E-state index in [9.17, 15) is 0 Å². The zero-order valence-corrected chi connectivity index (χ0v) is 9.98. The topological polar surface area (TPSA) is 26.0 Å². The van der Waals surface area contributed by atoms with Gasteiger partial charge in [0.05, 0.1) is 0 Å². The molecule has 0 saturated heterocycles. The van der Waals surface area contributed by atoms with Gasteiger partial charge < -0.3 is 5.73 Å². The Morgan fingerprint density at radius 3 is 2.93 bits per heavy atom. The molecular formula is C12H13NS2. The number of rotatable bonds is 4. The Balaban J connectivity index is 1.83. The molecule has 0 unspecified atom stereocenters. The molecule has 1 aromatic carbocycles. The monoisotopic (exact) mass is 235 g/mol. The first-order valence-corrected chi connectivity index (χ1v) is 6.77. The van der Waals surface area contributed by atoms with Crippen LogP contribution in [0.1, 0.15) is 5.56 Å². The Labute approximate surface area is 98.3 Å². The number of aryl methyl sites for hydroxylation is 1. The van der Waals surface area contributed by atoms with Crippen molar-refractivity contribution in [3.05, 3.63) is 46.7 Å². The van der Waals surface area contributed by atoms with E-state index in [2.05, 4.69) is 22.9 Å². The van der Waals surface area contributed by atoms with Crippen molar-refractivity contribution in [3.63, 3.8) is 0 Å². The first-order chi connectivity index (χ1) is 7.34. The second kappa shape index (κ2) is 5.24. The average Bonchev–Trinajstić information content (AvgIpc) is 2.71. The minimum Gasteiger partial charge on any atom is -0.399 e. The number of hydrogen-bond donors (Lipinski definition) is 1. The molecule has 0 fully saturated rings. The predicted octanol–water partition coefficient (Wildman–Crippen LogP) is 3.67. The van der Waals surface area contributed by atoms with Crippen LogP contribution in [-0.4, -0.2) is 5.75 Å². The molecule has 78 valence electrons. The highest BCUT2D eigenvalue weighted by Crippen LogP contribution is 2.21. The van der Waals surface area contributed by atoms with Gasteiger partial charge in [-0.3, -0.25) is 0 Å². The van der Waals surface area contributed by atoms with E-state index < -0.39 is 0 Å². The smallest absolute Gasteiger partial charge is 0.0325 e. The van der Waals surface area contributed by atoms with Crippen LogP contribution in [0.2, 0.25) is 0 Å². The van der Waals surface area contributed by atoms with Crippen LogP contribution in [0, 0.1) is 0 Å². The molecule has 1 aromatic heterocycles. The molecule has 0 aliphatic rings. The van der Waals surface area contributed by atoms with Gasteiger partial charge in [0.2, 0.25) is 0 Å². The Kier molecular flexibility index (Phi) is 3.69. The molecule has 2 aromatic rings. The van der Waals surface area contributed by atoms with Crippen molar-refractivity contribution in [2.45, 2.75) is 11.3 Å². The van der Waals surface area contributed by atoms with Crippen LogP contribution in [-0.2, 0) is 6.42 Å². The van der Waals surface area contributed by atoms with Gasteiger partial charge in [-0.05, 0) is 47.0 Å². The fraction of sp³-hybridized carbons (Fsp3) is 0.167. The van der Waals surface area contributed by atoms with Gasteiger partial charge in [-0.1, -0.05) is 6.07 Å². The van der Waals surface area contributed by atoms with E-state index in [1.807, 2.05) is 30.0 Å². The summed E-state index contributed by atoms with van der Waals surface area (Å²) in [5, 5.41) is 4.33. The van der Waals surface area contributed by atoms with Crippen LogP contribution in [0.4, 0.5) is 5.69 Å². The van der Waals surface area contributed by atoms with Gasteiger partial charge >= 0.3 is 0 Å². The molecule has 1 nitrogen and oxygen atoms in total. The number of anilines is 1. The van der Waals surface area contributed by atoms with Crippen LogP contribution in [0.3, 0.4) is 0 Å². The van der Waals surface area contributed by atoms with E-state index in [0.717, 1.165) is 17.9 Å². The molecule has 3 heteroatoms. The number of benzene rings is 1. The average molecular weight is 235 g/mol. The summed E-state index contributed by atoms with van der Waals surface area (Å²) in [6, 6.07) is 10.2. The Hall–Kier alpha value is -0.930. The third-order valence-corrected chi connectivity index (χ3v) is 3.83. The number of nitrogen functional groups attached to an aromatic ring is 1. The minimum atomic E-state index is 0.843. The van der Waals surface area contributed by atoms with E-state index >= 15 is 0 Å². The molecule has 0 aliphatic carbocycles. The molecule has 0 spiro atoms. The summed E-state index contributed by atoms with van der Waals surface area (Å²) < 4.78 is 0. The maximum absolute atomic E-state index is 5.71. The largest absolute Gasteiger partial charge is 0.399 e. The zero-order valence-electron chi connectivity index (χ0n) is 8.35.